The standard InChI is InChI=1S/C21H27NO4/c1-5-26-21(25)17(22)7-6-16-18(23)10-15(11-19(16)24)20-13(3)8-12(2)9-14(20)4/h8-9,15,22-23H,5-7,10-11H2,1-4H3. The summed E-state index contributed by atoms with van der Waals surface area (Å²) in [5.74, 6) is -0.715. The zero-order chi connectivity index (χ0) is 19.4. The number of Topliss-reactive ketones (excluding diaryl/α,β-unsaturated/α-hetero) is 1. The second-order valence-corrected chi connectivity index (χ2v) is 6.97. The van der Waals surface area contributed by atoms with Crippen molar-refractivity contribution in [3.8, 4) is 0 Å². The molecule has 2 rings (SSSR count). The van der Waals surface area contributed by atoms with Gasteiger partial charge in [0.2, 0.25) is 0 Å². The van der Waals surface area contributed by atoms with Gasteiger partial charge in [0, 0.05) is 24.8 Å². The van der Waals surface area contributed by atoms with Crippen LogP contribution in [0.5, 0.6) is 0 Å². The van der Waals surface area contributed by atoms with Gasteiger partial charge in [0.15, 0.2) is 5.78 Å². The van der Waals surface area contributed by atoms with Gasteiger partial charge in [-0.05, 0) is 56.7 Å². The largest absolute Gasteiger partial charge is 0.512 e. The number of carbonyl (C=O) groups is 2. The molecule has 0 spiro atoms. The van der Waals surface area contributed by atoms with Crippen molar-refractivity contribution >= 4 is 17.5 Å². The average molecular weight is 357 g/mol. The van der Waals surface area contributed by atoms with E-state index in [2.05, 4.69) is 12.1 Å². The van der Waals surface area contributed by atoms with Crippen LogP contribution < -0.4 is 0 Å². The molecule has 0 aliphatic heterocycles. The molecule has 5 nitrogen and oxygen atoms in total. The van der Waals surface area contributed by atoms with Gasteiger partial charge in [0.1, 0.15) is 5.71 Å². The minimum atomic E-state index is -0.667. The van der Waals surface area contributed by atoms with Gasteiger partial charge >= 0.3 is 5.97 Å². The number of aliphatic hydroxyl groups excluding tert-OH is 1. The number of rotatable bonds is 6. The van der Waals surface area contributed by atoms with E-state index in [0.29, 0.717) is 18.4 Å². The Balaban J connectivity index is 2.14. The predicted molar refractivity (Wildman–Crippen MR) is 101 cm³/mol. The third kappa shape index (κ3) is 4.40. The van der Waals surface area contributed by atoms with Crippen LogP contribution in [0.2, 0.25) is 0 Å². The van der Waals surface area contributed by atoms with Crippen LogP contribution >= 0.6 is 0 Å². The second kappa shape index (κ2) is 8.30. The van der Waals surface area contributed by atoms with Gasteiger partial charge in [-0.25, -0.2) is 4.79 Å². The highest BCUT2D eigenvalue weighted by molar-refractivity contribution is 6.35. The Morgan fingerprint density at radius 3 is 2.38 bits per heavy atom. The first-order chi connectivity index (χ1) is 12.2. The van der Waals surface area contributed by atoms with E-state index in [4.69, 9.17) is 10.1 Å². The molecule has 0 amide bonds. The summed E-state index contributed by atoms with van der Waals surface area (Å²) >= 11 is 0. The molecule has 0 saturated carbocycles. The van der Waals surface area contributed by atoms with Crippen molar-refractivity contribution in [3.05, 3.63) is 45.7 Å². The third-order valence-corrected chi connectivity index (χ3v) is 4.85. The number of aliphatic hydroxyl groups is 1. The van der Waals surface area contributed by atoms with Gasteiger partial charge in [0.05, 0.1) is 12.4 Å². The van der Waals surface area contributed by atoms with Crippen LogP contribution in [0.4, 0.5) is 0 Å². The van der Waals surface area contributed by atoms with E-state index >= 15 is 0 Å². The summed E-state index contributed by atoms with van der Waals surface area (Å²) in [4.78, 5) is 24.1. The summed E-state index contributed by atoms with van der Waals surface area (Å²) in [5, 5.41) is 18.1. The molecule has 0 radical (unpaired) electrons. The Morgan fingerprint density at radius 1 is 1.23 bits per heavy atom. The van der Waals surface area contributed by atoms with Crippen LogP contribution in [0.25, 0.3) is 0 Å². The number of benzene rings is 1. The highest BCUT2D eigenvalue weighted by Gasteiger charge is 2.30. The smallest absolute Gasteiger partial charge is 0.351 e. The van der Waals surface area contributed by atoms with Crippen LogP contribution in [-0.4, -0.2) is 29.2 Å². The lowest BCUT2D eigenvalue weighted by Gasteiger charge is -2.26. The van der Waals surface area contributed by atoms with E-state index in [9.17, 15) is 14.7 Å². The van der Waals surface area contributed by atoms with E-state index in [0.717, 1.165) is 16.7 Å². The lowest BCUT2D eigenvalue weighted by atomic mass is 9.78. The molecule has 0 fully saturated rings. The molecule has 1 aromatic rings. The van der Waals surface area contributed by atoms with Gasteiger partial charge in [-0.2, -0.15) is 0 Å². The summed E-state index contributed by atoms with van der Waals surface area (Å²) in [6, 6.07) is 4.20. The van der Waals surface area contributed by atoms with Crippen LogP contribution in [0.1, 0.15) is 60.8 Å². The van der Waals surface area contributed by atoms with E-state index in [1.165, 1.54) is 5.56 Å². The highest BCUT2D eigenvalue weighted by atomic mass is 16.5. The van der Waals surface area contributed by atoms with Crippen molar-refractivity contribution in [1.29, 1.82) is 5.41 Å². The molecule has 1 aromatic carbocycles. The summed E-state index contributed by atoms with van der Waals surface area (Å²) in [5.41, 5.74) is 4.77. The number of ketones is 1. The molecule has 5 heteroatoms. The SMILES string of the molecule is CCOC(=O)C(=N)CCC1=C(O)CC(c2c(C)cc(C)cc2C)CC1=O. The maximum Gasteiger partial charge on any atom is 0.351 e. The van der Waals surface area contributed by atoms with E-state index in [1.54, 1.807) is 6.92 Å². The summed E-state index contributed by atoms with van der Waals surface area (Å²) in [6.45, 7) is 8.02. The van der Waals surface area contributed by atoms with Gasteiger partial charge in [-0.15, -0.1) is 0 Å². The minimum Gasteiger partial charge on any atom is -0.512 e. The van der Waals surface area contributed by atoms with Gasteiger partial charge in [-0.1, -0.05) is 17.7 Å². The first kappa shape index (κ1) is 19.9. The maximum atomic E-state index is 12.6. The van der Waals surface area contributed by atoms with Crippen LogP contribution in [0, 0.1) is 26.2 Å². The number of hydrogen-bond acceptors (Lipinski definition) is 5. The highest BCUT2D eigenvalue weighted by Crippen LogP contribution is 2.38. The summed E-state index contributed by atoms with van der Waals surface area (Å²) in [7, 11) is 0. The van der Waals surface area contributed by atoms with E-state index in [-0.39, 0.29) is 42.6 Å². The molecule has 2 N–H and O–H groups in total. The van der Waals surface area contributed by atoms with Crippen molar-refractivity contribution in [2.75, 3.05) is 6.61 Å². The first-order valence-corrected chi connectivity index (χ1v) is 9.01. The molecular weight excluding hydrogens is 330 g/mol. The molecule has 0 saturated heterocycles. The predicted octanol–water partition coefficient (Wildman–Crippen LogP) is 4.23. The van der Waals surface area contributed by atoms with Crippen molar-refractivity contribution in [2.24, 2.45) is 0 Å². The van der Waals surface area contributed by atoms with Crippen molar-refractivity contribution in [2.45, 2.75) is 59.3 Å². The van der Waals surface area contributed by atoms with E-state index < -0.39 is 5.97 Å². The average Bonchev–Trinajstić information content (AvgIpc) is 2.53. The normalized spacial score (nSPS) is 17.4. The second-order valence-electron chi connectivity index (χ2n) is 6.97. The number of nitrogens with one attached hydrogen (secondary N) is 1. The Morgan fingerprint density at radius 2 is 1.85 bits per heavy atom. The Hall–Kier alpha value is -2.43. The van der Waals surface area contributed by atoms with Gasteiger partial charge in [-0.3, -0.25) is 10.2 Å². The maximum absolute atomic E-state index is 12.6. The van der Waals surface area contributed by atoms with Crippen LogP contribution in [0.3, 0.4) is 0 Å². The molecule has 0 aromatic heterocycles. The molecule has 0 heterocycles. The third-order valence-electron chi connectivity index (χ3n) is 4.85. The molecular formula is C21H27NO4. The molecule has 140 valence electrons. The fourth-order valence-electron chi connectivity index (χ4n) is 3.83. The van der Waals surface area contributed by atoms with Crippen LogP contribution in [0.15, 0.2) is 23.5 Å². The van der Waals surface area contributed by atoms with Crippen LogP contribution in [-0.2, 0) is 14.3 Å². The zero-order valence-corrected chi connectivity index (χ0v) is 15.9. The molecule has 1 aliphatic carbocycles. The Kier molecular flexibility index (Phi) is 6.35. The number of hydrogen-bond donors (Lipinski definition) is 2. The molecule has 1 atom stereocenters. The van der Waals surface area contributed by atoms with Crippen molar-refractivity contribution in [3.63, 3.8) is 0 Å². The zero-order valence-electron chi connectivity index (χ0n) is 15.9. The lowest BCUT2D eigenvalue weighted by molar-refractivity contribution is -0.135. The number of esters is 1. The fraction of sp³-hybridized carbons (Fsp3) is 0.476. The van der Waals surface area contributed by atoms with Gasteiger partial charge in [0.25, 0.3) is 0 Å². The van der Waals surface area contributed by atoms with Crippen molar-refractivity contribution in [1.82, 2.24) is 0 Å². The summed E-state index contributed by atoms with van der Waals surface area (Å²) < 4.78 is 4.78. The van der Waals surface area contributed by atoms with Crippen molar-refractivity contribution < 1.29 is 19.4 Å². The first-order valence-electron chi connectivity index (χ1n) is 9.01. The number of allylic oxidation sites excluding steroid dienone is 2. The summed E-state index contributed by atoms with van der Waals surface area (Å²) in [6.07, 6.45) is 1.05. The Labute approximate surface area is 154 Å². The molecule has 0 bridgehead atoms. The molecule has 26 heavy (non-hydrogen) atoms. The quantitative estimate of drug-likeness (QED) is 0.589. The number of carbonyl (C=O) groups excluding carboxylic acids is 2. The Bertz CT molecular complexity index is 753. The van der Waals surface area contributed by atoms with Gasteiger partial charge < -0.3 is 9.84 Å². The minimum absolute atomic E-state index is 0.0311. The number of aryl methyl sites for hydroxylation is 3. The fourth-order valence-corrected chi connectivity index (χ4v) is 3.83. The number of ether oxygens (including phenoxy) is 1. The van der Waals surface area contributed by atoms with E-state index in [1.807, 2.05) is 20.8 Å². The molecule has 1 aliphatic rings. The topological polar surface area (TPSA) is 87.5 Å². The molecule has 1 unspecified atom stereocenters. The monoisotopic (exact) mass is 357 g/mol. The lowest BCUT2D eigenvalue weighted by Crippen LogP contribution is -2.22.